The molecule has 1 amide bonds. The molecule has 2 heterocycles. The van der Waals surface area contributed by atoms with Gasteiger partial charge in [-0.25, -0.2) is 9.37 Å². The number of hydrogen-bond acceptors (Lipinski definition) is 8. The Morgan fingerprint density at radius 3 is 2.56 bits per heavy atom. The molecular weight excluding hydrogens is 497 g/mol. The molecule has 2 aromatic carbocycles. The summed E-state index contributed by atoms with van der Waals surface area (Å²) in [5, 5.41) is 7.69. The number of rotatable bonds is 9. The second-order valence-corrected chi connectivity index (χ2v) is 10.8. The zero-order valence-electron chi connectivity index (χ0n) is 17.7. The zero-order valence-corrected chi connectivity index (χ0v) is 20.1. The third-order valence-electron chi connectivity index (χ3n) is 4.98. The van der Waals surface area contributed by atoms with Gasteiger partial charge in [-0.3, -0.25) is 4.79 Å². The maximum atomic E-state index is 13.5. The molecule has 0 saturated heterocycles. The zero-order chi connectivity index (χ0) is 24.1. The van der Waals surface area contributed by atoms with E-state index >= 15 is 0 Å². The second kappa shape index (κ2) is 10.5. The predicted octanol–water partition coefficient (Wildman–Crippen LogP) is 4.23. The molecule has 0 spiro atoms. The first-order chi connectivity index (χ1) is 16.3. The van der Waals surface area contributed by atoms with Crippen LogP contribution in [0.2, 0.25) is 0 Å². The Morgan fingerprint density at radius 2 is 1.88 bits per heavy atom. The highest BCUT2D eigenvalue weighted by molar-refractivity contribution is 7.86. The minimum absolute atomic E-state index is 0.0151. The van der Waals surface area contributed by atoms with Crippen molar-refractivity contribution in [2.24, 2.45) is 5.90 Å². The summed E-state index contributed by atoms with van der Waals surface area (Å²) in [5.41, 5.74) is 2.02. The quantitative estimate of drug-likeness (QED) is 0.322. The molecule has 0 radical (unpaired) electrons. The van der Waals surface area contributed by atoms with Crippen molar-refractivity contribution in [2.45, 2.75) is 23.8 Å². The predicted molar refractivity (Wildman–Crippen MR) is 129 cm³/mol. The molecule has 4 rings (SSSR count). The number of nitrogens with two attached hydrogens (primary N) is 1. The van der Waals surface area contributed by atoms with Crippen molar-refractivity contribution in [3.8, 4) is 9.88 Å². The number of aromatic nitrogens is 1. The van der Waals surface area contributed by atoms with Crippen molar-refractivity contribution < 1.29 is 21.9 Å². The Hall–Kier alpha value is -2.96. The number of hydrogen-bond donors (Lipinski definition) is 2. The molecule has 4 aromatic rings. The van der Waals surface area contributed by atoms with Gasteiger partial charge in [0.2, 0.25) is 5.91 Å². The van der Waals surface area contributed by atoms with Crippen molar-refractivity contribution in [1.29, 1.82) is 0 Å². The van der Waals surface area contributed by atoms with Crippen LogP contribution in [0.1, 0.15) is 22.9 Å². The van der Waals surface area contributed by atoms with Gasteiger partial charge in [-0.15, -0.1) is 22.7 Å². The van der Waals surface area contributed by atoms with Gasteiger partial charge in [0.05, 0.1) is 27.9 Å². The van der Waals surface area contributed by atoms with Crippen LogP contribution in [0.15, 0.2) is 76.3 Å². The molecule has 11 heteroatoms. The summed E-state index contributed by atoms with van der Waals surface area (Å²) in [5.74, 6) is 4.15. The third-order valence-corrected chi connectivity index (χ3v) is 7.98. The molecule has 2 aromatic heterocycles. The Labute approximate surface area is 204 Å². The van der Waals surface area contributed by atoms with Gasteiger partial charge >= 0.3 is 10.1 Å². The van der Waals surface area contributed by atoms with Gasteiger partial charge in [0, 0.05) is 5.38 Å². The molecule has 0 aliphatic heterocycles. The average molecular weight is 518 g/mol. The number of halogens is 1. The minimum atomic E-state index is -4.01. The van der Waals surface area contributed by atoms with Crippen LogP contribution in [0.5, 0.6) is 0 Å². The van der Waals surface area contributed by atoms with Crippen molar-refractivity contribution in [2.75, 3.05) is 0 Å². The highest BCUT2D eigenvalue weighted by Gasteiger charge is 2.21. The molecule has 0 fully saturated rings. The standard InChI is InChI=1S/C23H20FN3O4S3/c24-17-4-1-3-16(11-17)13-22(28)26-19(20-14-33-23(27-20)21-5-2-10-32-21)12-15-6-8-18(9-7-15)34(29,30)31-25/h1-11,14,19H,12-13,25H2,(H,26,28)/t19-/m0/s1. The number of nitrogens with one attached hydrogen (secondary N) is 1. The first-order valence-corrected chi connectivity index (χ1v) is 13.3. The summed E-state index contributed by atoms with van der Waals surface area (Å²) in [6.45, 7) is 0. The lowest BCUT2D eigenvalue weighted by Crippen LogP contribution is -2.31. The van der Waals surface area contributed by atoms with E-state index in [0.717, 1.165) is 15.4 Å². The van der Waals surface area contributed by atoms with Gasteiger partial charge in [-0.1, -0.05) is 30.3 Å². The molecule has 0 saturated carbocycles. The van der Waals surface area contributed by atoms with Crippen molar-refractivity contribution in [1.82, 2.24) is 10.3 Å². The number of nitrogens with zero attached hydrogens (tertiary/aromatic N) is 1. The number of carbonyl (C=O) groups excluding carboxylic acids is 1. The lowest BCUT2D eigenvalue weighted by Gasteiger charge is -2.18. The lowest BCUT2D eigenvalue weighted by atomic mass is 10.0. The maximum absolute atomic E-state index is 13.5. The van der Waals surface area contributed by atoms with E-state index in [1.165, 1.54) is 35.6 Å². The molecule has 0 aliphatic carbocycles. The number of carbonyl (C=O) groups is 1. The molecule has 0 unspecified atom stereocenters. The second-order valence-electron chi connectivity index (χ2n) is 7.38. The fourth-order valence-corrected chi connectivity index (χ4v) is 5.62. The Kier molecular flexibility index (Phi) is 7.49. The van der Waals surface area contributed by atoms with Crippen LogP contribution in [-0.4, -0.2) is 19.3 Å². The van der Waals surface area contributed by atoms with Crippen LogP contribution in [0, 0.1) is 5.82 Å². The van der Waals surface area contributed by atoms with Crippen LogP contribution in [0.3, 0.4) is 0 Å². The van der Waals surface area contributed by atoms with E-state index in [9.17, 15) is 17.6 Å². The van der Waals surface area contributed by atoms with Gasteiger partial charge in [0.15, 0.2) is 0 Å². The normalized spacial score (nSPS) is 12.4. The summed E-state index contributed by atoms with van der Waals surface area (Å²) in [4.78, 5) is 18.5. The van der Waals surface area contributed by atoms with Gasteiger partial charge in [0.25, 0.3) is 0 Å². The minimum Gasteiger partial charge on any atom is -0.347 e. The summed E-state index contributed by atoms with van der Waals surface area (Å²) < 4.78 is 41.1. The smallest absolute Gasteiger partial charge is 0.312 e. The van der Waals surface area contributed by atoms with E-state index in [2.05, 4.69) is 9.60 Å². The van der Waals surface area contributed by atoms with Gasteiger partial charge in [-0.05, 0) is 53.3 Å². The van der Waals surface area contributed by atoms with E-state index in [0.29, 0.717) is 17.7 Å². The molecule has 3 N–H and O–H groups in total. The largest absolute Gasteiger partial charge is 0.347 e. The topological polar surface area (TPSA) is 111 Å². The van der Waals surface area contributed by atoms with E-state index in [1.54, 1.807) is 35.6 Å². The third kappa shape index (κ3) is 5.93. The highest BCUT2D eigenvalue weighted by Crippen LogP contribution is 2.31. The number of benzene rings is 2. The lowest BCUT2D eigenvalue weighted by molar-refractivity contribution is -0.121. The van der Waals surface area contributed by atoms with E-state index in [1.807, 2.05) is 22.9 Å². The molecule has 7 nitrogen and oxygen atoms in total. The van der Waals surface area contributed by atoms with E-state index < -0.39 is 22.0 Å². The molecular formula is C23H20FN3O4S3. The van der Waals surface area contributed by atoms with Crippen molar-refractivity contribution in [3.05, 3.63) is 94.1 Å². The molecule has 0 bridgehead atoms. The van der Waals surface area contributed by atoms with Gasteiger partial charge in [-0.2, -0.15) is 18.6 Å². The monoisotopic (exact) mass is 517 g/mol. The summed E-state index contributed by atoms with van der Waals surface area (Å²) in [6, 6.07) is 15.4. The van der Waals surface area contributed by atoms with E-state index in [4.69, 9.17) is 10.9 Å². The van der Waals surface area contributed by atoms with Gasteiger partial charge in [0.1, 0.15) is 10.8 Å². The summed E-state index contributed by atoms with van der Waals surface area (Å²) in [6.07, 6.45) is 0.382. The molecule has 1 atom stereocenters. The first-order valence-electron chi connectivity index (χ1n) is 10.1. The number of thiophene rings is 1. The average Bonchev–Trinajstić information content (AvgIpc) is 3.51. The van der Waals surface area contributed by atoms with Crippen LogP contribution in [0.25, 0.3) is 9.88 Å². The number of thiazole rings is 1. The highest BCUT2D eigenvalue weighted by atomic mass is 32.2. The van der Waals surface area contributed by atoms with Gasteiger partial charge < -0.3 is 5.32 Å². The molecule has 34 heavy (non-hydrogen) atoms. The Bertz CT molecular complexity index is 1370. The molecule has 0 aliphatic rings. The van der Waals surface area contributed by atoms with Crippen molar-refractivity contribution >= 4 is 38.7 Å². The van der Waals surface area contributed by atoms with Crippen LogP contribution in [0.4, 0.5) is 4.39 Å². The van der Waals surface area contributed by atoms with Crippen molar-refractivity contribution in [3.63, 3.8) is 0 Å². The van der Waals surface area contributed by atoms with Crippen LogP contribution >= 0.6 is 22.7 Å². The number of amides is 1. The van der Waals surface area contributed by atoms with Crippen LogP contribution in [-0.2, 0) is 32.0 Å². The SMILES string of the molecule is NOS(=O)(=O)c1ccc(C[C@H](NC(=O)Cc2cccc(F)c2)c2csc(-c3cccs3)n2)cc1. The Morgan fingerprint density at radius 1 is 1.09 bits per heavy atom. The van der Waals surface area contributed by atoms with E-state index in [-0.39, 0.29) is 17.2 Å². The Balaban J connectivity index is 1.56. The summed E-state index contributed by atoms with van der Waals surface area (Å²) >= 11 is 3.05. The fraction of sp³-hybridized carbons (Fsp3) is 0.130. The molecule has 176 valence electrons. The maximum Gasteiger partial charge on any atom is 0.312 e. The van der Waals surface area contributed by atoms with Crippen LogP contribution < -0.4 is 11.2 Å². The summed E-state index contributed by atoms with van der Waals surface area (Å²) in [7, 11) is -4.01. The fourth-order valence-electron chi connectivity index (χ4n) is 3.35. The first kappa shape index (κ1) is 24.2.